The molecule has 2 N–H and O–H groups in total. The second-order valence-corrected chi connectivity index (χ2v) is 5.85. The number of nitrogens with one attached hydrogen (secondary N) is 1. The number of unbranched alkanes of at least 4 members (excludes halogenated alkanes) is 1. The van der Waals surface area contributed by atoms with E-state index in [2.05, 4.69) is 25.4 Å². The molecule has 0 bridgehead atoms. The van der Waals surface area contributed by atoms with Gasteiger partial charge in [0.05, 0.1) is 0 Å². The van der Waals surface area contributed by atoms with E-state index in [4.69, 9.17) is 5.11 Å². The Balaban J connectivity index is 3.32. The molecule has 92 valence electrons. The molecule has 0 amide bonds. The zero-order valence-electron chi connectivity index (χ0n) is 10.5. The lowest BCUT2D eigenvalue weighted by Gasteiger charge is -2.24. The summed E-state index contributed by atoms with van der Waals surface area (Å²) in [6.07, 6.45) is 6.76. The summed E-state index contributed by atoms with van der Waals surface area (Å²) in [5.74, 6) is 1.27. The van der Waals surface area contributed by atoms with Gasteiger partial charge in [-0.2, -0.15) is 11.8 Å². The van der Waals surface area contributed by atoms with Crippen molar-refractivity contribution in [3.8, 4) is 0 Å². The zero-order chi connectivity index (χ0) is 11.6. The van der Waals surface area contributed by atoms with Crippen molar-refractivity contribution in [3.05, 3.63) is 0 Å². The molecule has 0 saturated carbocycles. The second kappa shape index (κ2) is 9.49. The van der Waals surface area contributed by atoms with Crippen LogP contribution < -0.4 is 5.32 Å². The van der Waals surface area contributed by atoms with Gasteiger partial charge < -0.3 is 10.4 Å². The van der Waals surface area contributed by atoms with Crippen molar-refractivity contribution in [2.75, 3.05) is 31.7 Å². The van der Waals surface area contributed by atoms with Gasteiger partial charge in [-0.25, -0.2) is 0 Å². The lowest BCUT2D eigenvalue weighted by Crippen LogP contribution is -2.30. The maximum absolute atomic E-state index is 8.78. The van der Waals surface area contributed by atoms with E-state index in [9.17, 15) is 0 Å². The Hall–Kier alpha value is 0.270. The van der Waals surface area contributed by atoms with Gasteiger partial charge in [0.2, 0.25) is 0 Å². The van der Waals surface area contributed by atoms with E-state index in [1.165, 1.54) is 18.6 Å². The lowest BCUT2D eigenvalue weighted by molar-refractivity contribution is 0.236. The predicted octanol–water partition coefficient (Wildman–Crippen LogP) is 2.52. The molecule has 0 aliphatic rings. The smallest absolute Gasteiger partial charge is 0.0431 e. The number of thioether (sulfide) groups is 1. The van der Waals surface area contributed by atoms with Gasteiger partial charge in [0.1, 0.15) is 0 Å². The van der Waals surface area contributed by atoms with E-state index in [-0.39, 0.29) is 0 Å². The van der Waals surface area contributed by atoms with Gasteiger partial charge in [-0.1, -0.05) is 13.8 Å². The standard InChI is InChI=1S/C12H27NOS/c1-12(2,7-6-9-14)11-13-8-4-5-10-15-3/h13-14H,4-11H2,1-3H3. The Labute approximate surface area is 99.2 Å². The van der Waals surface area contributed by atoms with E-state index in [0.29, 0.717) is 12.0 Å². The van der Waals surface area contributed by atoms with E-state index in [0.717, 1.165) is 25.9 Å². The van der Waals surface area contributed by atoms with Gasteiger partial charge in [0, 0.05) is 13.2 Å². The monoisotopic (exact) mass is 233 g/mol. The molecule has 3 heteroatoms. The first-order valence-corrected chi connectivity index (χ1v) is 7.32. The fourth-order valence-corrected chi connectivity index (χ4v) is 2.06. The molecule has 0 aromatic rings. The van der Waals surface area contributed by atoms with Crippen LogP contribution in [0.25, 0.3) is 0 Å². The number of aliphatic hydroxyl groups excluding tert-OH is 1. The molecular weight excluding hydrogens is 206 g/mol. The van der Waals surface area contributed by atoms with Gasteiger partial charge >= 0.3 is 0 Å². The molecule has 0 rings (SSSR count). The van der Waals surface area contributed by atoms with Gasteiger partial charge in [-0.05, 0) is 49.7 Å². The van der Waals surface area contributed by atoms with E-state index >= 15 is 0 Å². The van der Waals surface area contributed by atoms with Crippen LogP contribution in [0.1, 0.15) is 39.5 Å². The molecule has 0 aromatic heterocycles. The number of hydrogen-bond acceptors (Lipinski definition) is 3. The molecule has 0 aliphatic heterocycles. The van der Waals surface area contributed by atoms with Gasteiger partial charge in [0.15, 0.2) is 0 Å². The van der Waals surface area contributed by atoms with Crippen LogP contribution in [0.4, 0.5) is 0 Å². The zero-order valence-corrected chi connectivity index (χ0v) is 11.3. The number of aliphatic hydroxyl groups is 1. The number of hydrogen-bond donors (Lipinski definition) is 2. The van der Waals surface area contributed by atoms with Crippen molar-refractivity contribution in [1.29, 1.82) is 0 Å². The van der Waals surface area contributed by atoms with Crippen molar-refractivity contribution >= 4 is 11.8 Å². The minimum atomic E-state index is 0.317. The van der Waals surface area contributed by atoms with E-state index in [1.54, 1.807) is 0 Å². The molecule has 0 radical (unpaired) electrons. The van der Waals surface area contributed by atoms with E-state index < -0.39 is 0 Å². The summed E-state index contributed by atoms with van der Waals surface area (Å²) in [4.78, 5) is 0. The summed E-state index contributed by atoms with van der Waals surface area (Å²) in [6.45, 7) is 7.03. The fraction of sp³-hybridized carbons (Fsp3) is 1.00. The quantitative estimate of drug-likeness (QED) is 0.569. The maximum Gasteiger partial charge on any atom is 0.0431 e. The van der Waals surface area contributed by atoms with Crippen LogP contribution in [0.15, 0.2) is 0 Å². The van der Waals surface area contributed by atoms with E-state index in [1.807, 2.05) is 11.8 Å². The predicted molar refractivity (Wildman–Crippen MR) is 70.6 cm³/mol. The van der Waals surface area contributed by atoms with Crippen molar-refractivity contribution in [2.24, 2.45) is 5.41 Å². The van der Waals surface area contributed by atoms with Gasteiger partial charge in [0.25, 0.3) is 0 Å². The highest BCUT2D eigenvalue weighted by Gasteiger charge is 2.15. The van der Waals surface area contributed by atoms with Crippen LogP contribution in [-0.2, 0) is 0 Å². The Morgan fingerprint density at radius 3 is 2.53 bits per heavy atom. The van der Waals surface area contributed by atoms with Crippen LogP contribution in [0.5, 0.6) is 0 Å². The topological polar surface area (TPSA) is 32.3 Å². The summed E-state index contributed by atoms with van der Waals surface area (Å²) in [5.41, 5.74) is 0.322. The molecule has 0 aliphatic carbocycles. The molecule has 0 spiro atoms. The summed E-state index contributed by atoms with van der Waals surface area (Å²) >= 11 is 1.92. The third kappa shape index (κ3) is 10.6. The average Bonchev–Trinajstić information content (AvgIpc) is 2.20. The van der Waals surface area contributed by atoms with Gasteiger partial charge in [-0.3, -0.25) is 0 Å². The highest BCUT2D eigenvalue weighted by atomic mass is 32.2. The molecule has 2 nitrogen and oxygen atoms in total. The van der Waals surface area contributed by atoms with Crippen LogP contribution >= 0.6 is 11.8 Å². The highest BCUT2D eigenvalue weighted by Crippen LogP contribution is 2.20. The summed E-state index contributed by atoms with van der Waals surface area (Å²) in [5, 5.41) is 12.3. The molecule has 0 atom stereocenters. The Morgan fingerprint density at radius 2 is 1.93 bits per heavy atom. The maximum atomic E-state index is 8.78. The van der Waals surface area contributed by atoms with Crippen molar-refractivity contribution in [3.63, 3.8) is 0 Å². The van der Waals surface area contributed by atoms with Crippen LogP contribution in [0.3, 0.4) is 0 Å². The minimum absolute atomic E-state index is 0.317. The Bertz CT molecular complexity index is 140. The minimum Gasteiger partial charge on any atom is -0.396 e. The summed E-state index contributed by atoms with van der Waals surface area (Å²) in [6, 6.07) is 0. The molecule has 0 fully saturated rings. The largest absolute Gasteiger partial charge is 0.396 e. The lowest BCUT2D eigenvalue weighted by atomic mass is 9.88. The first-order chi connectivity index (χ1) is 7.12. The molecule has 0 unspecified atom stereocenters. The third-order valence-corrected chi connectivity index (χ3v) is 3.26. The highest BCUT2D eigenvalue weighted by molar-refractivity contribution is 7.98. The van der Waals surface area contributed by atoms with Crippen molar-refractivity contribution < 1.29 is 5.11 Å². The number of rotatable bonds is 10. The third-order valence-electron chi connectivity index (χ3n) is 2.57. The normalized spacial score (nSPS) is 12.0. The summed E-state index contributed by atoms with van der Waals surface area (Å²) in [7, 11) is 0. The van der Waals surface area contributed by atoms with Crippen LogP contribution in [0.2, 0.25) is 0 Å². The van der Waals surface area contributed by atoms with Crippen molar-refractivity contribution in [1.82, 2.24) is 5.32 Å². The Morgan fingerprint density at radius 1 is 1.20 bits per heavy atom. The molecule has 0 heterocycles. The van der Waals surface area contributed by atoms with Crippen LogP contribution in [0, 0.1) is 5.41 Å². The van der Waals surface area contributed by atoms with Crippen molar-refractivity contribution in [2.45, 2.75) is 39.5 Å². The molecule has 15 heavy (non-hydrogen) atoms. The van der Waals surface area contributed by atoms with Gasteiger partial charge in [-0.15, -0.1) is 0 Å². The Kier molecular flexibility index (Phi) is 9.66. The first-order valence-electron chi connectivity index (χ1n) is 5.93. The fourth-order valence-electron chi connectivity index (χ4n) is 1.57. The summed E-state index contributed by atoms with van der Waals surface area (Å²) < 4.78 is 0. The average molecular weight is 233 g/mol. The molecule has 0 aromatic carbocycles. The molecular formula is C12H27NOS. The molecule has 0 saturated heterocycles. The SMILES string of the molecule is CSCCCCNCC(C)(C)CCCO. The second-order valence-electron chi connectivity index (χ2n) is 4.87. The van der Waals surface area contributed by atoms with Crippen LogP contribution in [-0.4, -0.2) is 36.8 Å². The first kappa shape index (κ1) is 15.3.